The van der Waals surface area contributed by atoms with Crippen molar-refractivity contribution in [2.45, 2.75) is 26.4 Å². The van der Waals surface area contributed by atoms with E-state index < -0.39 is 0 Å². The van der Waals surface area contributed by atoms with Gasteiger partial charge in [-0.05, 0) is 31.0 Å². The van der Waals surface area contributed by atoms with Crippen molar-refractivity contribution in [1.82, 2.24) is 10.2 Å². The van der Waals surface area contributed by atoms with Crippen molar-refractivity contribution in [3.8, 4) is 0 Å². The third kappa shape index (κ3) is 2.62. The number of aryl methyl sites for hydroxylation is 1. The van der Waals surface area contributed by atoms with Crippen molar-refractivity contribution in [2.75, 3.05) is 19.6 Å². The topological polar surface area (TPSA) is 45.5 Å². The van der Waals surface area contributed by atoms with Gasteiger partial charge in [-0.3, -0.25) is 4.90 Å². The summed E-state index contributed by atoms with van der Waals surface area (Å²) in [5, 5.41) is 4.43. The molecule has 106 valence electrons. The van der Waals surface area contributed by atoms with Crippen molar-refractivity contribution in [3.63, 3.8) is 0 Å². The summed E-state index contributed by atoms with van der Waals surface area (Å²) in [6.07, 6.45) is 0. The van der Waals surface area contributed by atoms with Crippen LogP contribution in [-0.2, 0) is 6.54 Å². The number of hydrogen-bond donors (Lipinski definition) is 1. The molecule has 1 aliphatic rings. The molecule has 20 heavy (non-hydrogen) atoms. The maximum Gasteiger partial charge on any atom is 0.336 e. The zero-order valence-corrected chi connectivity index (χ0v) is 12.0. The molecular weight excluding hydrogens is 252 g/mol. The summed E-state index contributed by atoms with van der Waals surface area (Å²) in [5.41, 5.74) is 2.59. The van der Waals surface area contributed by atoms with Gasteiger partial charge in [-0.15, -0.1) is 0 Å². The number of fused-ring (bicyclic) bond motifs is 1. The molecule has 2 aromatic rings. The first-order valence-electron chi connectivity index (χ1n) is 7.11. The van der Waals surface area contributed by atoms with Gasteiger partial charge in [0.1, 0.15) is 5.58 Å². The summed E-state index contributed by atoms with van der Waals surface area (Å²) in [7, 11) is 0. The quantitative estimate of drug-likeness (QED) is 0.848. The van der Waals surface area contributed by atoms with Gasteiger partial charge in [0, 0.05) is 43.7 Å². The van der Waals surface area contributed by atoms with Crippen LogP contribution in [-0.4, -0.2) is 30.6 Å². The highest BCUT2D eigenvalue weighted by atomic mass is 16.4. The van der Waals surface area contributed by atoms with E-state index in [2.05, 4.69) is 29.3 Å². The molecule has 1 unspecified atom stereocenters. The van der Waals surface area contributed by atoms with E-state index in [0.717, 1.165) is 42.7 Å². The van der Waals surface area contributed by atoms with Crippen molar-refractivity contribution < 1.29 is 4.42 Å². The number of piperazine rings is 1. The van der Waals surface area contributed by atoms with E-state index in [-0.39, 0.29) is 5.63 Å². The normalized spacial score (nSPS) is 20.4. The van der Waals surface area contributed by atoms with Crippen molar-refractivity contribution in [1.29, 1.82) is 0 Å². The van der Waals surface area contributed by atoms with Crippen LogP contribution in [0.4, 0.5) is 0 Å². The lowest BCUT2D eigenvalue weighted by atomic mass is 10.1. The van der Waals surface area contributed by atoms with Gasteiger partial charge >= 0.3 is 5.63 Å². The van der Waals surface area contributed by atoms with Crippen LogP contribution in [0.5, 0.6) is 0 Å². The van der Waals surface area contributed by atoms with Gasteiger partial charge in [0.25, 0.3) is 0 Å². The Morgan fingerprint density at radius 3 is 3.05 bits per heavy atom. The molecule has 1 aromatic heterocycles. The minimum atomic E-state index is -0.263. The Labute approximate surface area is 118 Å². The summed E-state index contributed by atoms with van der Waals surface area (Å²) in [6, 6.07) is 8.16. The van der Waals surface area contributed by atoms with Gasteiger partial charge in [-0.1, -0.05) is 12.1 Å². The molecule has 0 amide bonds. The molecule has 0 spiro atoms. The van der Waals surface area contributed by atoms with Crippen molar-refractivity contribution >= 4 is 11.0 Å². The van der Waals surface area contributed by atoms with Crippen LogP contribution in [0.2, 0.25) is 0 Å². The molecule has 1 N–H and O–H groups in total. The van der Waals surface area contributed by atoms with Gasteiger partial charge in [-0.2, -0.15) is 0 Å². The largest absolute Gasteiger partial charge is 0.423 e. The van der Waals surface area contributed by atoms with Crippen LogP contribution in [0.15, 0.2) is 33.5 Å². The SMILES string of the molecule is Cc1ccc2c(CN3CCNCC3C)cc(=O)oc2c1. The molecule has 4 nitrogen and oxygen atoms in total. The third-order valence-corrected chi connectivity index (χ3v) is 4.00. The predicted molar refractivity (Wildman–Crippen MR) is 80.0 cm³/mol. The van der Waals surface area contributed by atoms with E-state index in [4.69, 9.17) is 4.42 Å². The van der Waals surface area contributed by atoms with Crippen LogP contribution in [0, 0.1) is 6.92 Å². The Kier molecular flexibility index (Phi) is 3.59. The third-order valence-electron chi connectivity index (χ3n) is 4.00. The Morgan fingerprint density at radius 2 is 2.25 bits per heavy atom. The maximum absolute atomic E-state index is 11.7. The number of nitrogens with zero attached hydrogens (tertiary/aromatic N) is 1. The molecule has 0 radical (unpaired) electrons. The first kappa shape index (κ1) is 13.3. The molecule has 1 saturated heterocycles. The second kappa shape index (κ2) is 5.38. The van der Waals surface area contributed by atoms with Crippen LogP contribution in [0.1, 0.15) is 18.1 Å². The molecule has 1 aromatic carbocycles. The average molecular weight is 272 g/mol. The van der Waals surface area contributed by atoms with Crippen molar-refractivity contribution in [3.05, 3.63) is 45.8 Å². The summed E-state index contributed by atoms with van der Waals surface area (Å²) >= 11 is 0. The lowest BCUT2D eigenvalue weighted by Gasteiger charge is -2.34. The van der Waals surface area contributed by atoms with Gasteiger partial charge in [0.05, 0.1) is 0 Å². The summed E-state index contributed by atoms with van der Waals surface area (Å²) in [4.78, 5) is 14.1. The highest BCUT2D eigenvalue weighted by Gasteiger charge is 2.19. The van der Waals surface area contributed by atoms with Crippen LogP contribution >= 0.6 is 0 Å². The van der Waals surface area contributed by atoms with Gasteiger partial charge in [0.2, 0.25) is 0 Å². The number of nitrogens with one attached hydrogen (secondary N) is 1. The van der Waals surface area contributed by atoms with E-state index in [1.165, 1.54) is 0 Å². The molecule has 2 heterocycles. The van der Waals surface area contributed by atoms with Crippen molar-refractivity contribution in [2.24, 2.45) is 0 Å². The van der Waals surface area contributed by atoms with Gasteiger partial charge in [0.15, 0.2) is 0 Å². The van der Waals surface area contributed by atoms with Crippen LogP contribution in [0.25, 0.3) is 11.0 Å². The molecule has 0 bridgehead atoms. The predicted octanol–water partition coefficient (Wildman–Crippen LogP) is 1.90. The zero-order valence-electron chi connectivity index (χ0n) is 12.0. The Morgan fingerprint density at radius 1 is 1.40 bits per heavy atom. The molecule has 0 saturated carbocycles. The standard InChI is InChI=1S/C16H20N2O2/c1-11-3-4-14-13(8-16(19)20-15(14)7-11)10-18-6-5-17-9-12(18)2/h3-4,7-8,12,17H,5-6,9-10H2,1-2H3. The Hall–Kier alpha value is -1.65. The van der Waals surface area contributed by atoms with E-state index in [9.17, 15) is 4.79 Å². The van der Waals surface area contributed by atoms with E-state index >= 15 is 0 Å². The number of benzene rings is 1. The molecule has 1 fully saturated rings. The smallest absolute Gasteiger partial charge is 0.336 e. The van der Waals surface area contributed by atoms with E-state index in [1.54, 1.807) is 6.07 Å². The Balaban J connectivity index is 2.00. The number of hydrogen-bond acceptors (Lipinski definition) is 4. The van der Waals surface area contributed by atoms with Gasteiger partial charge in [-0.25, -0.2) is 4.79 Å². The lowest BCUT2D eigenvalue weighted by Crippen LogP contribution is -2.49. The summed E-state index contributed by atoms with van der Waals surface area (Å²) in [5.74, 6) is 0. The Bertz CT molecular complexity index is 678. The molecule has 3 rings (SSSR count). The first-order chi connectivity index (χ1) is 9.63. The molecule has 1 atom stereocenters. The lowest BCUT2D eigenvalue weighted by molar-refractivity contribution is 0.166. The highest BCUT2D eigenvalue weighted by molar-refractivity contribution is 5.80. The number of rotatable bonds is 2. The minimum Gasteiger partial charge on any atom is -0.423 e. The van der Waals surface area contributed by atoms with Crippen LogP contribution < -0.4 is 10.9 Å². The molecule has 0 aliphatic carbocycles. The molecular formula is C16H20N2O2. The van der Waals surface area contributed by atoms with E-state index in [1.807, 2.05) is 13.0 Å². The molecule has 1 aliphatic heterocycles. The minimum absolute atomic E-state index is 0.263. The fourth-order valence-electron chi connectivity index (χ4n) is 2.80. The second-order valence-corrected chi connectivity index (χ2v) is 5.61. The van der Waals surface area contributed by atoms with Gasteiger partial charge < -0.3 is 9.73 Å². The average Bonchev–Trinajstić information content (AvgIpc) is 2.40. The summed E-state index contributed by atoms with van der Waals surface area (Å²) in [6.45, 7) is 8.03. The fraction of sp³-hybridized carbons (Fsp3) is 0.438. The second-order valence-electron chi connectivity index (χ2n) is 5.61. The first-order valence-corrected chi connectivity index (χ1v) is 7.11. The highest BCUT2D eigenvalue weighted by Crippen LogP contribution is 2.20. The zero-order chi connectivity index (χ0) is 14.1. The maximum atomic E-state index is 11.7. The summed E-state index contributed by atoms with van der Waals surface area (Å²) < 4.78 is 5.31. The van der Waals surface area contributed by atoms with Crippen LogP contribution in [0.3, 0.4) is 0 Å². The molecule has 4 heteroatoms. The monoisotopic (exact) mass is 272 g/mol. The van der Waals surface area contributed by atoms with E-state index in [0.29, 0.717) is 11.6 Å². The fourth-order valence-corrected chi connectivity index (χ4v) is 2.80.